The van der Waals surface area contributed by atoms with Crippen molar-refractivity contribution >= 4 is 5.78 Å². The number of rotatable bonds is 3. The number of fused-ring (bicyclic) bond motifs is 1. The van der Waals surface area contributed by atoms with E-state index in [0.29, 0.717) is 6.42 Å². The molecule has 0 N–H and O–H groups in total. The normalized spacial score (nSPS) is 14.8. The van der Waals surface area contributed by atoms with Crippen LogP contribution in [0.2, 0.25) is 0 Å². The summed E-state index contributed by atoms with van der Waals surface area (Å²) >= 11 is 0. The van der Waals surface area contributed by atoms with E-state index in [4.69, 9.17) is 0 Å². The van der Waals surface area contributed by atoms with Crippen LogP contribution >= 0.6 is 0 Å². The zero-order valence-corrected chi connectivity index (χ0v) is 10.6. The van der Waals surface area contributed by atoms with E-state index in [9.17, 15) is 4.79 Å². The van der Waals surface area contributed by atoms with Gasteiger partial charge in [0.05, 0.1) is 6.54 Å². The molecular formula is C14H17N3O. The number of hydrogen-bond acceptors (Lipinski definition) is 2. The number of carbonyl (C=O) groups is 1. The Morgan fingerprint density at radius 1 is 1.33 bits per heavy atom. The SMILES string of the molecule is CCn1ccnc1Cn1cc2c(c1)C(=O)CCC2. The van der Waals surface area contributed by atoms with Gasteiger partial charge in [0.25, 0.3) is 0 Å². The summed E-state index contributed by atoms with van der Waals surface area (Å²) in [5.74, 6) is 1.33. The van der Waals surface area contributed by atoms with Crippen molar-refractivity contribution in [3.8, 4) is 0 Å². The third-order valence-electron chi connectivity index (χ3n) is 3.58. The number of aryl methyl sites for hydroxylation is 2. The fraction of sp³-hybridized carbons (Fsp3) is 0.429. The molecule has 18 heavy (non-hydrogen) atoms. The van der Waals surface area contributed by atoms with Gasteiger partial charge in [-0.15, -0.1) is 0 Å². The molecule has 3 rings (SSSR count). The second kappa shape index (κ2) is 4.44. The van der Waals surface area contributed by atoms with Gasteiger partial charge in [-0.25, -0.2) is 4.98 Å². The molecule has 2 aromatic rings. The van der Waals surface area contributed by atoms with Gasteiger partial charge >= 0.3 is 0 Å². The lowest BCUT2D eigenvalue weighted by molar-refractivity contribution is 0.0973. The van der Waals surface area contributed by atoms with E-state index in [0.717, 1.165) is 37.3 Å². The van der Waals surface area contributed by atoms with Crippen molar-refractivity contribution in [3.05, 3.63) is 41.7 Å². The van der Waals surface area contributed by atoms with Crippen molar-refractivity contribution in [1.29, 1.82) is 0 Å². The minimum absolute atomic E-state index is 0.286. The van der Waals surface area contributed by atoms with Gasteiger partial charge in [-0.05, 0) is 25.3 Å². The van der Waals surface area contributed by atoms with Crippen LogP contribution in [0.4, 0.5) is 0 Å². The highest BCUT2D eigenvalue weighted by atomic mass is 16.1. The summed E-state index contributed by atoms with van der Waals surface area (Å²) in [5.41, 5.74) is 2.11. The molecular weight excluding hydrogens is 226 g/mol. The molecule has 0 saturated carbocycles. The Kier molecular flexibility index (Phi) is 2.78. The summed E-state index contributed by atoms with van der Waals surface area (Å²) in [6, 6.07) is 0. The molecule has 0 atom stereocenters. The number of hydrogen-bond donors (Lipinski definition) is 0. The second-order valence-electron chi connectivity index (χ2n) is 4.78. The molecule has 94 valence electrons. The second-order valence-corrected chi connectivity index (χ2v) is 4.78. The van der Waals surface area contributed by atoms with Crippen LogP contribution in [0.3, 0.4) is 0 Å². The van der Waals surface area contributed by atoms with Crippen LogP contribution in [0.1, 0.15) is 41.5 Å². The van der Waals surface area contributed by atoms with Gasteiger partial charge in [0.15, 0.2) is 5.78 Å². The largest absolute Gasteiger partial charge is 0.346 e. The van der Waals surface area contributed by atoms with E-state index in [1.54, 1.807) is 0 Å². The number of carbonyl (C=O) groups excluding carboxylic acids is 1. The highest BCUT2D eigenvalue weighted by Gasteiger charge is 2.19. The molecule has 2 aromatic heterocycles. The highest BCUT2D eigenvalue weighted by molar-refractivity contribution is 5.98. The van der Waals surface area contributed by atoms with Crippen LogP contribution < -0.4 is 0 Å². The van der Waals surface area contributed by atoms with Crippen molar-refractivity contribution in [1.82, 2.24) is 14.1 Å². The van der Waals surface area contributed by atoms with E-state index in [1.807, 2.05) is 18.6 Å². The van der Waals surface area contributed by atoms with Crippen molar-refractivity contribution in [2.75, 3.05) is 0 Å². The lowest BCUT2D eigenvalue weighted by atomic mass is 9.95. The van der Waals surface area contributed by atoms with Crippen LogP contribution in [-0.2, 0) is 19.5 Å². The Morgan fingerprint density at radius 2 is 2.22 bits per heavy atom. The highest BCUT2D eigenvalue weighted by Crippen LogP contribution is 2.22. The third kappa shape index (κ3) is 1.88. The van der Waals surface area contributed by atoms with E-state index in [1.165, 1.54) is 5.56 Å². The number of nitrogens with zero attached hydrogens (tertiary/aromatic N) is 3. The summed E-state index contributed by atoms with van der Waals surface area (Å²) in [6.45, 7) is 3.77. The van der Waals surface area contributed by atoms with E-state index < -0.39 is 0 Å². The van der Waals surface area contributed by atoms with Crippen LogP contribution in [0, 0.1) is 0 Å². The molecule has 0 bridgehead atoms. The molecule has 0 aromatic carbocycles. The smallest absolute Gasteiger partial charge is 0.164 e. The molecule has 0 spiro atoms. The summed E-state index contributed by atoms with van der Waals surface area (Å²) in [6.07, 6.45) is 10.6. The fourth-order valence-electron chi connectivity index (χ4n) is 2.61. The van der Waals surface area contributed by atoms with Crippen molar-refractivity contribution in [2.45, 2.75) is 39.3 Å². The number of Topliss-reactive ketones (excluding diaryl/α,β-unsaturated/α-hetero) is 1. The molecule has 4 nitrogen and oxygen atoms in total. The average Bonchev–Trinajstić information content (AvgIpc) is 2.96. The van der Waals surface area contributed by atoms with E-state index in [-0.39, 0.29) is 5.78 Å². The molecule has 0 aliphatic heterocycles. The minimum Gasteiger partial charge on any atom is -0.346 e. The fourth-order valence-corrected chi connectivity index (χ4v) is 2.61. The van der Waals surface area contributed by atoms with Gasteiger partial charge in [0, 0.05) is 43.3 Å². The molecule has 2 heterocycles. The molecule has 1 aliphatic rings. The lowest BCUT2D eigenvalue weighted by Crippen LogP contribution is -2.07. The first-order valence-electron chi connectivity index (χ1n) is 6.50. The first-order valence-corrected chi connectivity index (χ1v) is 6.50. The molecule has 1 aliphatic carbocycles. The van der Waals surface area contributed by atoms with Gasteiger partial charge in [-0.1, -0.05) is 0 Å². The van der Waals surface area contributed by atoms with Gasteiger partial charge in [0.2, 0.25) is 0 Å². The van der Waals surface area contributed by atoms with Gasteiger partial charge in [-0.3, -0.25) is 4.79 Å². The zero-order chi connectivity index (χ0) is 12.5. The monoisotopic (exact) mass is 243 g/mol. The van der Waals surface area contributed by atoms with E-state index >= 15 is 0 Å². The van der Waals surface area contributed by atoms with Gasteiger partial charge in [0.1, 0.15) is 5.82 Å². The Labute approximate surface area is 106 Å². The maximum absolute atomic E-state index is 11.8. The molecule has 0 saturated heterocycles. The first kappa shape index (κ1) is 11.3. The Hall–Kier alpha value is -1.84. The summed E-state index contributed by atoms with van der Waals surface area (Å²) < 4.78 is 4.21. The zero-order valence-electron chi connectivity index (χ0n) is 10.6. The average molecular weight is 243 g/mol. The minimum atomic E-state index is 0.286. The Balaban J connectivity index is 1.88. The standard InChI is InChI=1S/C14H17N3O/c1-2-17-7-6-15-14(17)10-16-8-11-4-3-5-13(18)12(11)9-16/h6-9H,2-5,10H2,1H3. The molecule has 0 radical (unpaired) electrons. The third-order valence-corrected chi connectivity index (χ3v) is 3.58. The maximum Gasteiger partial charge on any atom is 0.164 e. The van der Waals surface area contributed by atoms with Crippen molar-refractivity contribution < 1.29 is 4.79 Å². The van der Waals surface area contributed by atoms with Crippen molar-refractivity contribution in [3.63, 3.8) is 0 Å². The van der Waals surface area contributed by atoms with Crippen LogP contribution in [0.25, 0.3) is 0 Å². The quantitative estimate of drug-likeness (QED) is 0.829. The lowest BCUT2D eigenvalue weighted by Gasteiger charge is -2.07. The topological polar surface area (TPSA) is 39.8 Å². The first-order chi connectivity index (χ1) is 8.78. The van der Waals surface area contributed by atoms with E-state index in [2.05, 4.69) is 27.2 Å². The van der Waals surface area contributed by atoms with Crippen LogP contribution in [0.5, 0.6) is 0 Å². The molecule has 0 fully saturated rings. The Morgan fingerprint density at radius 3 is 3.00 bits per heavy atom. The maximum atomic E-state index is 11.8. The predicted octanol–water partition coefficient (Wildman–Crippen LogP) is 2.27. The number of imidazole rings is 1. The Bertz CT molecular complexity index is 580. The van der Waals surface area contributed by atoms with Crippen molar-refractivity contribution in [2.24, 2.45) is 0 Å². The summed E-state index contributed by atoms with van der Waals surface area (Å²) in [4.78, 5) is 16.2. The number of aromatic nitrogens is 3. The van der Waals surface area contributed by atoms with Crippen LogP contribution in [0.15, 0.2) is 24.8 Å². The summed E-state index contributed by atoms with van der Waals surface area (Å²) in [7, 11) is 0. The molecule has 0 amide bonds. The molecule has 0 unspecified atom stereocenters. The van der Waals surface area contributed by atoms with Gasteiger partial charge < -0.3 is 9.13 Å². The predicted molar refractivity (Wildman–Crippen MR) is 68.7 cm³/mol. The van der Waals surface area contributed by atoms with Gasteiger partial charge in [-0.2, -0.15) is 0 Å². The molecule has 4 heteroatoms. The van der Waals surface area contributed by atoms with Crippen LogP contribution in [-0.4, -0.2) is 19.9 Å². The number of ketones is 1. The summed E-state index contributed by atoms with van der Waals surface area (Å²) in [5, 5.41) is 0.